The Morgan fingerprint density at radius 1 is 0.625 bits per heavy atom. The molecule has 0 radical (unpaired) electrons. The third-order valence-corrected chi connectivity index (χ3v) is 7.10. The number of nitrogens with zero attached hydrogens (tertiary/aromatic N) is 1. The topological polar surface area (TPSA) is 12.4 Å². The Labute approximate surface area is 189 Å². The lowest BCUT2D eigenvalue weighted by Gasteiger charge is -2.39. The first kappa shape index (κ1) is 19.0. The smallest absolute Gasteiger partial charge is 0.0859 e. The molecule has 154 valence electrons. The van der Waals surface area contributed by atoms with Gasteiger partial charge in [-0.25, -0.2) is 0 Å². The first-order valence-corrected chi connectivity index (χ1v) is 11.3. The summed E-state index contributed by atoms with van der Waals surface area (Å²) in [5.41, 5.74) is 8.64. The van der Waals surface area contributed by atoms with Gasteiger partial charge in [0.05, 0.1) is 17.2 Å². The van der Waals surface area contributed by atoms with Crippen molar-refractivity contribution < 1.29 is 0 Å². The molecule has 0 aromatic heterocycles. The van der Waals surface area contributed by atoms with Crippen LogP contribution in [0.5, 0.6) is 0 Å². The van der Waals surface area contributed by atoms with E-state index in [2.05, 4.69) is 128 Å². The molecule has 2 heterocycles. The first-order valence-electron chi connectivity index (χ1n) is 11.3. The molecule has 0 amide bonds. The van der Waals surface area contributed by atoms with E-state index in [1.165, 1.54) is 33.4 Å². The molecule has 3 atom stereocenters. The van der Waals surface area contributed by atoms with Crippen molar-refractivity contribution in [3.05, 3.63) is 149 Å². The largest absolute Gasteiger partial charge is 0.279 e. The maximum atomic E-state index is 5.53. The zero-order valence-corrected chi connectivity index (χ0v) is 18.1. The van der Waals surface area contributed by atoms with E-state index in [4.69, 9.17) is 4.99 Å². The summed E-state index contributed by atoms with van der Waals surface area (Å²) in [6.45, 7) is 2.36. The van der Waals surface area contributed by atoms with Gasteiger partial charge in [-0.3, -0.25) is 4.99 Å². The van der Waals surface area contributed by atoms with Crippen LogP contribution in [0, 0.1) is 0 Å². The Bertz CT molecular complexity index is 1320. The number of rotatable bonds is 3. The highest BCUT2D eigenvalue weighted by Crippen LogP contribution is 2.55. The van der Waals surface area contributed by atoms with E-state index in [1.807, 2.05) is 0 Å². The highest BCUT2D eigenvalue weighted by molar-refractivity contribution is 6.17. The molecule has 7 rings (SSSR count). The summed E-state index contributed by atoms with van der Waals surface area (Å²) in [6, 6.07) is 41.4. The molecule has 0 saturated carbocycles. The quantitative estimate of drug-likeness (QED) is 0.334. The molecular weight excluding hydrogens is 386 g/mol. The second-order valence-electron chi connectivity index (χ2n) is 8.88. The van der Waals surface area contributed by atoms with Crippen molar-refractivity contribution in [1.82, 2.24) is 0 Å². The fourth-order valence-corrected chi connectivity index (χ4v) is 5.57. The summed E-state index contributed by atoms with van der Waals surface area (Å²) >= 11 is 0. The molecule has 0 N–H and O–H groups in total. The Morgan fingerprint density at radius 2 is 1.19 bits per heavy atom. The summed E-state index contributed by atoms with van der Waals surface area (Å²) in [5.74, 6) is 0.176. The molecule has 1 aliphatic carbocycles. The van der Waals surface area contributed by atoms with Crippen LogP contribution in [-0.4, -0.2) is 5.71 Å². The van der Waals surface area contributed by atoms with Gasteiger partial charge in [-0.05, 0) is 40.3 Å². The third-order valence-electron chi connectivity index (χ3n) is 7.10. The summed E-state index contributed by atoms with van der Waals surface area (Å²) in [7, 11) is 0. The van der Waals surface area contributed by atoms with Crippen molar-refractivity contribution in [2.24, 2.45) is 4.99 Å². The molecule has 2 bridgehead atoms. The van der Waals surface area contributed by atoms with Crippen LogP contribution in [0.25, 0.3) is 5.57 Å². The molecule has 4 aromatic rings. The van der Waals surface area contributed by atoms with Crippen molar-refractivity contribution in [2.45, 2.75) is 24.3 Å². The molecule has 1 nitrogen and oxygen atoms in total. The van der Waals surface area contributed by atoms with Crippen LogP contribution in [-0.2, 0) is 5.41 Å². The lowest BCUT2D eigenvalue weighted by molar-refractivity contribution is 0.626. The third kappa shape index (κ3) is 2.81. The molecule has 2 aliphatic heterocycles. The van der Waals surface area contributed by atoms with E-state index in [-0.39, 0.29) is 17.4 Å². The van der Waals surface area contributed by atoms with Crippen LogP contribution in [0.3, 0.4) is 0 Å². The van der Waals surface area contributed by atoms with Crippen LogP contribution in [0.1, 0.15) is 46.7 Å². The van der Waals surface area contributed by atoms with Crippen LogP contribution in [0.2, 0.25) is 0 Å². The standard InChI is InChI=1S/C31H25N/c1-31-27-20-12-11-19-25(27)29(32-30(31)24-17-9-4-10-18-24)26(22-13-5-2-6-14-22)21-28(31)23-15-7-3-8-16-23/h2-21,26,29H,1H3. The SMILES string of the molecule is CC12C(c3ccccc3)=CC(c3ccccc3)C(N=C1c1ccccc1)c1ccccc12. The number of benzene rings is 4. The predicted octanol–water partition coefficient (Wildman–Crippen LogP) is 7.37. The minimum absolute atomic E-state index is 0.0538. The van der Waals surface area contributed by atoms with Gasteiger partial charge in [0.15, 0.2) is 0 Å². The van der Waals surface area contributed by atoms with Gasteiger partial charge in [0.25, 0.3) is 0 Å². The Hall–Kier alpha value is -3.71. The van der Waals surface area contributed by atoms with Gasteiger partial charge in [0.1, 0.15) is 0 Å². The molecule has 0 fully saturated rings. The number of hydrogen-bond donors (Lipinski definition) is 0. The Kier molecular flexibility index (Phi) is 4.43. The molecule has 4 aromatic carbocycles. The molecule has 32 heavy (non-hydrogen) atoms. The predicted molar refractivity (Wildman–Crippen MR) is 133 cm³/mol. The average Bonchev–Trinajstić information content (AvgIpc) is 3.07. The molecule has 0 spiro atoms. The normalized spacial score (nSPS) is 23.7. The highest BCUT2D eigenvalue weighted by atomic mass is 14.9. The molecule has 0 saturated heterocycles. The van der Waals surface area contributed by atoms with Gasteiger partial charge in [-0.2, -0.15) is 0 Å². The van der Waals surface area contributed by atoms with Gasteiger partial charge in [-0.15, -0.1) is 0 Å². The fraction of sp³-hybridized carbons (Fsp3) is 0.129. The second kappa shape index (κ2) is 7.46. The summed E-state index contributed by atoms with van der Waals surface area (Å²) in [6.07, 6.45) is 2.49. The van der Waals surface area contributed by atoms with Gasteiger partial charge < -0.3 is 0 Å². The average molecular weight is 412 g/mol. The first-order chi connectivity index (χ1) is 15.8. The van der Waals surface area contributed by atoms with Gasteiger partial charge in [0.2, 0.25) is 0 Å². The minimum Gasteiger partial charge on any atom is -0.279 e. The van der Waals surface area contributed by atoms with Crippen molar-refractivity contribution >= 4 is 11.3 Å². The lowest BCUT2D eigenvalue weighted by atomic mass is 9.66. The number of hydrogen-bond acceptors (Lipinski definition) is 1. The van der Waals surface area contributed by atoms with Crippen LogP contribution in [0.15, 0.2) is 126 Å². The van der Waals surface area contributed by atoms with Crippen LogP contribution >= 0.6 is 0 Å². The number of aliphatic imine (C=N–C) groups is 1. The summed E-state index contributed by atoms with van der Waals surface area (Å²) in [4.78, 5) is 5.53. The summed E-state index contributed by atoms with van der Waals surface area (Å²) in [5, 5.41) is 0. The minimum atomic E-state index is -0.334. The van der Waals surface area contributed by atoms with Crippen molar-refractivity contribution in [3.63, 3.8) is 0 Å². The summed E-state index contributed by atoms with van der Waals surface area (Å²) < 4.78 is 0. The van der Waals surface area contributed by atoms with E-state index in [0.29, 0.717) is 0 Å². The van der Waals surface area contributed by atoms with Crippen molar-refractivity contribution in [3.8, 4) is 0 Å². The lowest BCUT2D eigenvalue weighted by Crippen LogP contribution is -2.38. The van der Waals surface area contributed by atoms with E-state index >= 15 is 0 Å². The number of fused-ring (bicyclic) bond motifs is 1. The monoisotopic (exact) mass is 411 g/mol. The molecular formula is C31H25N. The van der Waals surface area contributed by atoms with E-state index in [1.54, 1.807) is 0 Å². The van der Waals surface area contributed by atoms with E-state index in [9.17, 15) is 0 Å². The highest BCUT2D eigenvalue weighted by Gasteiger charge is 2.48. The van der Waals surface area contributed by atoms with Gasteiger partial charge >= 0.3 is 0 Å². The van der Waals surface area contributed by atoms with Crippen molar-refractivity contribution in [1.29, 1.82) is 0 Å². The Morgan fingerprint density at radius 3 is 1.88 bits per heavy atom. The maximum Gasteiger partial charge on any atom is 0.0859 e. The fourth-order valence-electron chi connectivity index (χ4n) is 5.57. The maximum absolute atomic E-state index is 5.53. The molecule has 3 aliphatic rings. The van der Waals surface area contributed by atoms with Crippen molar-refractivity contribution in [2.75, 3.05) is 0 Å². The number of allylic oxidation sites excluding steroid dienone is 1. The molecule has 1 heteroatoms. The zero-order valence-electron chi connectivity index (χ0n) is 18.1. The van der Waals surface area contributed by atoms with Gasteiger partial charge in [0, 0.05) is 5.92 Å². The Balaban J connectivity index is 1.71. The second-order valence-corrected chi connectivity index (χ2v) is 8.88. The van der Waals surface area contributed by atoms with E-state index in [0.717, 1.165) is 5.71 Å². The van der Waals surface area contributed by atoms with Crippen LogP contribution in [0.4, 0.5) is 0 Å². The van der Waals surface area contributed by atoms with Gasteiger partial charge in [-0.1, -0.05) is 121 Å². The van der Waals surface area contributed by atoms with Crippen LogP contribution < -0.4 is 0 Å². The molecule has 3 unspecified atom stereocenters. The zero-order chi connectivity index (χ0) is 21.5. The van der Waals surface area contributed by atoms with E-state index < -0.39 is 0 Å².